The Morgan fingerprint density at radius 3 is 2.72 bits per heavy atom. The Morgan fingerprint density at radius 2 is 2.17 bits per heavy atom. The lowest BCUT2D eigenvalue weighted by Gasteiger charge is -2.35. The highest BCUT2D eigenvalue weighted by Gasteiger charge is 2.24. The molecule has 2 rings (SSSR count). The number of aromatic nitrogens is 1. The van der Waals surface area contributed by atoms with Gasteiger partial charge < -0.3 is 5.32 Å². The van der Waals surface area contributed by atoms with E-state index in [2.05, 4.69) is 36.0 Å². The van der Waals surface area contributed by atoms with Gasteiger partial charge in [-0.1, -0.05) is 13.8 Å². The summed E-state index contributed by atoms with van der Waals surface area (Å²) in [6.45, 7) is 10.2. The van der Waals surface area contributed by atoms with E-state index in [1.165, 1.54) is 35.8 Å². The molecule has 1 N–H and O–H groups in total. The number of thiazole rings is 1. The third-order valence-electron chi connectivity index (χ3n) is 3.85. The lowest BCUT2D eigenvalue weighted by Crippen LogP contribution is -2.43. The SMILES string of the molecule is CCNC1CCN(C(C)c2ncc(CC)s2)CC1. The summed E-state index contributed by atoms with van der Waals surface area (Å²) in [7, 11) is 0. The molecule has 102 valence electrons. The third-order valence-corrected chi connectivity index (χ3v) is 5.16. The van der Waals surface area contributed by atoms with Gasteiger partial charge in [0.2, 0.25) is 0 Å². The number of likely N-dealkylation sites (tertiary alicyclic amines) is 1. The van der Waals surface area contributed by atoms with Gasteiger partial charge in [-0.2, -0.15) is 0 Å². The van der Waals surface area contributed by atoms with Gasteiger partial charge >= 0.3 is 0 Å². The van der Waals surface area contributed by atoms with Gasteiger partial charge in [-0.3, -0.25) is 4.90 Å². The van der Waals surface area contributed by atoms with Crippen LogP contribution in [-0.2, 0) is 6.42 Å². The lowest BCUT2D eigenvalue weighted by molar-refractivity contribution is 0.153. The molecule has 4 heteroatoms. The maximum absolute atomic E-state index is 4.58. The molecule has 1 fully saturated rings. The fourth-order valence-corrected chi connectivity index (χ4v) is 3.56. The Labute approximate surface area is 115 Å². The van der Waals surface area contributed by atoms with Crippen molar-refractivity contribution in [2.75, 3.05) is 19.6 Å². The summed E-state index contributed by atoms with van der Waals surface area (Å²) in [5.74, 6) is 0. The van der Waals surface area contributed by atoms with E-state index in [0.29, 0.717) is 6.04 Å². The average molecular weight is 267 g/mol. The largest absolute Gasteiger partial charge is 0.314 e. The lowest BCUT2D eigenvalue weighted by atomic mass is 10.0. The second-order valence-corrected chi connectivity index (χ2v) is 6.21. The van der Waals surface area contributed by atoms with Crippen LogP contribution in [0.4, 0.5) is 0 Å². The monoisotopic (exact) mass is 267 g/mol. The van der Waals surface area contributed by atoms with E-state index in [0.717, 1.165) is 19.0 Å². The molecule has 1 aromatic heterocycles. The zero-order valence-corrected chi connectivity index (χ0v) is 12.6. The smallest absolute Gasteiger partial charge is 0.110 e. The molecule has 0 radical (unpaired) electrons. The fourth-order valence-electron chi connectivity index (χ4n) is 2.61. The summed E-state index contributed by atoms with van der Waals surface area (Å²) in [5, 5.41) is 4.84. The minimum absolute atomic E-state index is 0.484. The number of hydrogen-bond donors (Lipinski definition) is 1. The van der Waals surface area contributed by atoms with E-state index in [-0.39, 0.29) is 0 Å². The van der Waals surface area contributed by atoms with E-state index in [4.69, 9.17) is 0 Å². The molecule has 1 aliphatic rings. The van der Waals surface area contributed by atoms with Gasteiger partial charge in [-0.25, -0.2) is 4.98 Å². The number of nitrogens with zero attached hydrogens (tertiary/aromatic N) is 2. The van der Waals surface area contributed by atoms with Gasteiger partial charge in [0.1, 0.15) is 5.01 Å². The summed E-state index contributed by atoms with van der Waals surface area (Å²) >= 11 is 1.88. The Morgan fingerprint density at radius 1 is 1.44 bits per heavy atom. The molecule has 2 heterocycles. The number of hydrogen-bond acceptors (Lipinski definition) is 4. The van der Waals surface area contributed by atoms with Crippen LogP contribution < -0.4 is 5.32 Å². The van der Waals surface area contributed by atoms with Crippen LogP contribution >= 0.6 is 11.3 Å². The molecule has 1 saturated heterocycles. The molecular weight excluding hydrogens is 242 g/mol. The van der Waals surface area contributed by atoms with Crippen molar-refractivity contribution in [3.8, 4) is 0 Å². The molecule has 0 aromatic carbocycles. The predicted molar refractivity (Wildman–Crippen MR) is 78.2 cm³/mol. The second-order valence-electron chi connectivity index (χ2n) is 5.06. The first-order valence-corrected chi connectivity index (χ1v) is 7.98. The van der Waals surface area contributed by atoms with Crippen molar-refractivity contribution in [2.24, 2.45) is 0 Å². The Bertz CT molecular complexity index is 356. The van der Waals surface area contributed by atoms with Gasteiger partial charge in [0.25, 0.3) is 0 Å². The van der Waals surface area contributed by atoms with E-state index in [9.17, 15) is 0 Å². The van der Waals surface area contributed by atoms with E-state index in [1.807, 2.05) is 17.5 Å². The molecule has 0 bridgehead atoms. The molecule has 1 unspecified atom stereocenters. The second kappa shape index (κ2) is 6.64. The minimum Gasteiger partial charge on any atom is -0.314 e. The third kappa shape index (κ3) is 3.31. The van der Waals surface area contributed by atoms with Crippen LogP contribution in [0, 0.1) is 0 Å². The normalized spacial score (nSPS) is 20.2. The van der Waals surface area contributed by atoms with Crippen LogP contribution in [0.5, 0.6) is 0 Å². The molecule has 1 aromatic rings. The molecule has 0 saturated carbocycles. The molecule has 0 spiro atoms. The molecular formula is C14H25N3S. The zero-order chi connectivity index (χ0) is 13.0. The Hall–Kier alpha value is -0.450. The number of piperidine rings is 1. The molecule has 3 nitrogen and oxygen atoms in total. The van der Waals surface area contributed by atoms with Crippen molar-refractivity contribution >= 4 is 11.3 Å². The van der Waals surface area contributed by atoms with Crippen LogP contribution in [-0.4, -0.2) is 35.6 Å². The van der Waals surface area contributed by atoms with Gasteiger partial charge in [0.05, 0.1) is 6.04 Å². The summed E-state index contributed by atoms with van der Waals surface area (Å²) in [6.07, 6.45) is 5.68. The summed E-state index contributed by atoms with van der Waals surface area (Å²) < 4.78 is 0. The molecule has 1 atom stereocenters. The maximum Gasteiger partial charge on any atom is 0.110 e. The molecule has 18 heavy (non-hydrogen) atoms. The topological polar surface area (TPSA) is 28.2 Å². The summed E-state index contributed by atoms with van der Waals surface area (Å²) in [5.41, 5.74) is 0. The van der Waals surface area contributed by atoms with E-state index >= 15 is 0 Å². The predicted octanol–water partition coefficient (Wildman–Crippen LogP) is 2.84. The van der Waals surface area contributed by atoms with E-state index in [1.54, 1.807) is 0 Å². The molecule has 0 amide bonds. The van der Waals surface area contributed by atoms with Crippen molar-refractivity contribution < 1.29 is 0 Å². The number of nitrogens with one attached hydrogen (secondary N) is 1. The van der Waals surface area contributed by atoms with Crippen molar-refractivity contribution in [3.05, 3.63) is 16.1 Å². The first-order valence-electron chi connectivity index (χ1n) is 7.16. The Kier molecular flexibility index (Phi) is 5.15. The average Bonchev–Trinajstić information content (AvgIpc) is 2.88. The van der Waals surface area contributed by atoms with E-state index < -0.39 is 0 Å². The van der Waals surface area contributed by atoms with Gasteiger partial charge in [0, 0.05) is 30.2 Å². The van der Waals surface area contributed by atoms with Crippen LogP contribution in [0.25, 0.3) is 0 Å². The molecule has 0 aliphatic carbocycles. The number of rotatable bonds is 5. The summed E-state index contributed by atoms with van der Waals surface area (Å²) in [6, 6.07) is 1.21. The zero-order valence-electron chi connectivity index (χ0n) is 11.8. The van der Waals surface area contributed by atoms with Crippen LogP contribution in [0.1, 0.15) is 49.5 Å². The first kappa shape index (κ1) is 14.0. The quantitative estimate of drug-likeness (QED) is 0.889. The fraction of sp³-hybridized carbons (Fsp3) is 0.786. The first-order chi connectivity index (χ1) is 8.74. The highest BCUT2D eigenvalue weighted by Crippen LogP contribution is 2.27. The highest BCUT2D eigenvalue weighted by atomic mass is 32.1. The molecule has 1 aliphatic heterocycles. The number of aryl methyl sites for hydroxylation is 1. The summed E-state index contributed by atoms with van der Waals surface area (Å²) in [4.78, 5) is 8.56. The van der Waals surface area contributed by atoms with Gasteiger partial charge in [0.15, 0.2) is 0 Å². The van der Waals surface area contributed by atoms with Crippen LogP contribution in [0.3, 0.4) is 0 Å². The maximum atomic E-state index is 4.58. The Balaban J connectivity index is 1.88. The van der Waals surface area contributed by atoms with Crippen molar-refractivity contribution in [3.63, 3.8) is 0 Å². The van der Waals surface area contributed by atoms with Gasteiger partial charge in [-0.15, -0.1) is 11.3 Å². The van der Waals surface area contributed by atoms with Crippen molar-refractivity contribution in [2.45, 2.75) is 52.1 Å². The van der Waals surface area contributed by atoms with Crippen molar-refractivity contribution in [1.82, 2.24) is 15.2 Å². The van der Waals surface area contributed by atoms with Crippen molar-refractivity contribution in [1.29, 1.82) is 0 Å². The highest BCUT2D eigenvalue weighted by molar-refractivity contribution is 7.11. The minimum atomic E-state index is 0.484. The van der Waals surface area contributed by atoms with Gasteiger partial charge in [-0.05, 0) is 32.7 Å². The standard InChI is InChI=1S/C14H25N3S/c1-4-13-10-16-14(18-13)11(3)17-8-6-12(7-9-17)15-5-2/h10-12,15H,4-9H2,1-3H3. The van der Waals surface area contributed by atoms with Crippen LogP contribution in [0.2, 0.25) is 0 Å². The van der Waals surface area contributed by atoms with Crippen LogP contribution in [0.15, 0.2) is 6.20 Å².